The molecule has 0 heterocycles. The Hall–Kier alpha value is -0.260. The van der Waals surface area contributed by atoms with Crippen molar-refractivity contribution >= 4 is 0 Å². The van der Waals surface area contributed by atoms with Gasteiger partial charge in [0.1, 0.15) is 0 Å². The van der Waals surface area contributed by atoms with E-state index in [2.05, 4.69) is 13.0 Å². The zero-order valence-corrected chi connectivity index (χ0v) is 11.9. The molecule has 0 saturated heterocycles. The van der Waals surface area contributed by atoms with Gasteiger partial charge in [0.05, 0.1) is 0 Å². The summed E-state index contributed by atoms with van der Waals surface area (Å²) in [6.45, 7) is 2.38. The minimum atomic E-state index is 0.977. The molecule has 6 unspecified atom stereocenters. The number of fused-ring (bicyclic) bond motifs is 1. The van der Waals surface area contributed by atoms with E-state index in [1.165, 1.54) is 25.7 Å². The van der Waals surface area contributed by atoms with Gasteiger partial charge in [-0.25, -0.2) is 0 Å². The van der Waals surface area contributed by atoms with E-state index in [0.717, 1.165) is 35.5 Å². The molecule has 0 aliphatic heterocycles. The maximum Gasteiger partial charge on any atom is -0.0168 e. The van der Waals surface area contributed by atoms with Gasteiger partial charge in [0.25, 0.3) is 0 Å². The van der Waals surface area contributed by atoms with Crippen molar-refractivity contribution in [3.05, 3.63) is 11.6 Å². The normalized spacial score (nSPS) is 50.4. The predicted molar refractivity (Wildman–Crippen MR) is 76.3 cm³/mol. The molecule has 4 bridgehead atoms. The molecule has 0 heteroatoms. The SMILES string of the molecule is CCC1CC=C1C1CCCC2CCC3CC2C3C1. The topological polar surface area (TPSA) is 0 Å². The number of rotatable bonds is 2. The molecular weight excluding hydrogens is 216 g/mol. The summed E-state index contributed by atoms with van der Waals surface area (Å²) < 4.78 is 0. The summed E-state index contributed by atoms with van der Waals surface area (Å²) in [4.78, 5) is 0. The Bertz CT molecular complexity index is 351. The van der Waals surface area contributed by atoms with Crippen LogP contribution in [0.4, 0.5) is 0 Å². The Morgan fingerprint density at radius 1 is 1.00 bits per heavy atom. The number of hydrogen-bond donors (Lipinski definition) is 0. The Morgan fingerprint density at radius 2 is 1.83 bits per heavy atom. The monoisotopic (exact) mass is 244 g/mol. The average Bonchev–Trinajstić information content (AvgIpc) is 2.33. The second-order valence-corrected chi connectivity index (χ2v) is 7.57. The van der Waals surface area contributed by atoms with E-state index >= 15 is 0 Å². The van der Waals surface area contributed by atoms with Gasteiger partial charge in [-0.05, 0) is 80.5 Å². The summed E-state index contributed by atoms with van der Waals surface area (Å²) in [5.41, 5.74) is 1.89. The van der Waals surface area contributed by atoms with Crippen LogP contribution in [-0.4, -0.2) is 0 Å². The summed E-state index contributed by atoms with van der Waals surface area (Å²) in [5.74, 6) is 6.56. The van der Waals surface area contributed by atoms with Crippen LogP contribution in [0, 0.1) is 35.5 Å². The molecule has 0 nitrogen and oxygen atoms in total. The van der Waals surface area contributed by atoms with Gasteiger partial charge in [0.15, 0.2) is 0 Å². The molecule has 6 atom stereocenters. The lowest BCUT2D eigenvalue weighted by Gasteiger charge is -2.56. The zero-order valence-electron chi connectivity index (χ0n) is 11.9. The molecule has 0 aromatic rings. The first kappa shape index (κ1) is 11.6. The van der Waals surface area contributed by atoms with Gasteiger partial charge in [-0.3, -0.25) is 0 Å². The van der Waals surface area contributed by atoms with Crippen molar-refractivity contribution in [2.75, 3.05) is 0 Å². The van der Waals surface area contributed by atoms with E-state index in [9.17, 15) is 0 Å². The fourth-order valence-corrected chi connectivity index (χ4v) is 5.79. The van der Waals surface area contributed by atoms with E-state index < -0.39 is 0 Å². The summed E-state index contributed by atoms with van der Waals surface area (Å²) in [6, 6.07) is 0. The van der Waals surface area contributed by atoms with Gasteiger partial charge >= 0.3 is 0 Å². The summed E-state index contributed by atoms with van der Waals surface area (Å²) in [5, 5.41) is 0. The van der Waals surface area contributed by atoms with Crippen LogP contribution in [-0.2, 0) is 0 Å². The van der Waals surface area contributed by atoms with Crippen LogP contribution in [0.3, 0.4) is 0 Å². The fraction of sp³-hybridized carbons (Fsp3) is 0.889. The van der Waals surface area contributed by atoms with Gasteiger partial charge in [-0.15, -0.1) is 0 Å². The minimum Gasteiger partial charge on any atom is -0.0842 e. The van der Waals surface area contributed by atoms with Crippen LogP contribution in [0.15, 0.2) is 11.6 Å². The van der Waals surface area contributed by atoms with E-state index in [1.807, 2.05) is 5.57 Å². The quantitative estimate of drug-likeness (QED) is 0.586. The average molecular weight is 244 g/mol. The highest BCUT2D eigenvalue weighted by Gasteiger charge is 2.50. The molecule has 0 N–H and O–H groups in total. The Balaban J connectivity index is 1.50. The maximum absolute atomic E-state index is 2.59. The molecule has 0 aromatic heterocycles. The van der Waals surface area contributed by atoms with E-state index in [-0.39, 0.29) is 0 Å². The van der Waals surface area contributed by atoms with Crippen molar-refractivity contribution in [2.45, 2.75) is 64.7 Å². The Labute approximate surface area is 112 Å². The lowest BCUT2D eigenvalue weighted by Crippen LogP contribution is -2.48. The van der Waals surface area contributed by atoms with Gasteiger partial charge in [0.2, 0.25) is 0 Å². The van der Waals surface area contributed by atoms with Crippen molar-refractivity contribution in [2.24, 2.45) is 35.5 Å². The third kappa shape index (κ3) is 1.63. The highest BCUT2D eigenvalue weighted by Crippen LogP contribution is 2.59. The lowest BCUT2D eigenvalue weighted by atomic mass is 9.49. The Kier molecular flexibility index (Phi) is 2.82. The smallest absolute Gasteiger partial charge is 0.0168 e. The van der Waals surface area contributed by atoms with Crippen molar-refractivity contribution in [3.8, 4) is 0 Å². The molecule has 0 spiro atoms. The van der Waals surface area contributed by atoms with Crippen LogP contribution in [0.1, 0.15) is 64.7 Å². The first-order valence-electron chi connectivity index (χ1n) is 8.56. The first-order valence-corrected chi connectivity index (χ1v) is 8.56. The van der Waals surface area contributed by atoms with Gasteiger partial charge in [-0.1, -0.05) is 31.4 Å². The molecule has 0 amide bonds. The summed E-state index contributed by atoms with van der Waals surface area (Å²) >= 11 is 0. The molecule has 5 aliphatic rings. The van der Waals surface area contributed by atoms with Crippen LogP contribution >= 0.6 is 0 Å². The van der Waals surface area contributed by atoms with Gasteiger partial charge in [0, 0.05) is 0 Å². The van der Waals surface area contributed by atoms with E-state index in [4.69, 9.17) is 0 Å². The lowest BCUT2D eigenvalue weighted by molar-refractivity contribution is -0.0584. The Morgan fingerprint density at radius 3 is 2.56 bits per heavy atom. The largest absolute Gasteiger partial charge is 0.0842 e. The number of allylic oxidation sites excluding steroid dienone is 2. The van der Waals surface area contributed by atoms with Crippen LogP contribution in [0.5, 0.6) is 0 Å². The summed E-state index contributed by atoms with van der Waals surface area (Å²) in [6.07, 6.45) is 16.3. The van der Waals surface area contributed by atoms with E-state index in [0.29, 0.717) is 0 Å². The number of hydrogen-bond acceptors (Lipinski definition) is 0. The molecule has 4 saturated carbocycles. The molecular formula is C18H28. The summed E-state index contributed by atoms with van der Waals surface area (Å²) in [7, 11) is 0. The zero-order chi connectivity index (χ0) is 12.1. The molecule has 0 radical (unpaired) electrons. The second kappa shape index (κ2) is 4.39. The molecule has 18 heavy (non-hydrogen) atoms. The van der Waals surface area contributed by atoms with Crippen molar-refractivity contribution in [1.29, 1.82) is 0 Å². The minimum absolute atomic E-state index is 0.977. The second-order valence-electron chi connectivity index (χ2n) is 7.57. The fourth-order valence-electron chi connectivity index (χ4n) is 5.79. The van der Waals surface area contributed by atoms with Gasteiger partial charge < -0.3 is 0 Å². The van der Waals surface area contributed by atoms with Crippen LogP contribution < -0.4 is 0 Å². The maximum atomic E-state index is 2.59. The first-order chi connectivity index (χ1) is 8.86. The highest BCUT2D eigenvalue weighted by molar-refractivity contribution is 5.22. The third-order valence-electron chi connectivity index (χ3n) is 7.00. The van der Waals surface area contributed by atoms with Crippen LogP contribution in [0.2, 0.25) is 0 Å². The third-order valence-corrected chi connectivity index (χ3v) is 7.00. The van der Waals surface area contributed by atoms with Gasteiger partial charge in [-0.2, -0.15) is 0 Å². The highest BCUT2D eigenvalue weighted by atomic mass is 14.5. The van der Waals surface area contributed by atoms with Crippen LogP contribution in [0.25, 0.3) is 0 Å². The van der Waals surface area contributed by atoms with Crippen molar-refractivity contribution in [3.63, 3.8) is 0 Å². The molecule has 4 fully saturated rings. The predicted octanol–water partition coefficient (Wildman–Crippen LogP) is 5.20. The van der Waals surface area contributed by atoms with Crippen molar-refractivity contribution < 1.29 is 0 Å². The molecule has 0 aromatic carbocycles. The van der Waals surface area contributed by atoms with Crippen molar-refractivity contribution in [1.82, 2.24) is 0 Å². The molecule has 100 valence electrons. The molecule has 5 rings (SSSR count). The standard InChI is InChI=1S/C18H28/c1-2-12-8-9-16(12)14-5-3-4-13-6-7-15-11-17(13)18(15)10-14/h9,12-15,17-18H,2-8,10-11H2,1H3. The van der Waals surface area contributed by atoms with E-state index in [1.54, 1.807) is 32.1 Å². The molecule has 5 aliphatic carbocycles.